The minimum atomic E-state index is -0.954. The van der Waals surface area contributed by atoms with Gasteiger partial charge in [-0.15, -0.1) is 5.10 Å². The second kappa shape index (κ2) is 10.7. The lowest BCUT2D eigenvalue weighted by atomic mass is 9.84. The number of rotatable bonds is 10. The number of hydrogen-bond donors (Lipinski definition) is 0. The number of hydrogen-bond acceptors (Lipinski definition) is 8. The van der Waals surface area contributed by atoms with E-state index in [0.29, 0.717) is 25.3 Å². The average molecular weight is 516 g/mol. The molecule has 1 spiro atoms. The second-order valence-electron chi connectivity index (χ2n) is 10.9. The van der Waals surface area contributed by atoms with E-state index in [-0.39, 0.29) is 48.6 Å². The highest BCUT2D eigenvalue weighted by molar-refractivity contribution is 6.03. The molecular formula is C26H37N5O6. The van der Waals surface area contributed by atoms with Crippen molar-refractivity contribution < 1.29 is 28.7 Å². The molecule has 3 atom stereocenters. The monoisotopic (exact) mass is 515 g/mol. The van der Waals surface area contributed by atoms with Crippen LogP contribution in [0.15, 0.2) is 0 Å². The summed E-state index contributed by atoms with van der Waals surface area (Å²) in [7, 11) is 0. The van der Waals surface area contributed by atoms with Gasteiger partial charge in [0.05, 0.1) is 24.7 Å². The molecule has 2 amide bonds. The molecule has 4 rings (SSSR count). The molecular weight excluding hydrogens is 478 g/mol. The van der Waals surface area contributed by atoms with E-state index in [9.17, 15) is 24.0 Å². The van der Waals surface area contributed by atoms with E-state index in [1.807, 2.05) is 11.6 Å². The molecule has 2 aliphatic heterocycles. The largest absolute Gasteiger partial charge is 0.462 e. The molecule has 1 unspecified atom stereocenters. The Labute approximate surface area is 216 Å². The quantitative estimate of drug-likeness (QED) is 0.340. The highest BCUT2D eigenvalue weighted by Gasteiger charge is 2.60. The lowest BCUT2D eigenvalue weighted by molar-refractivity contribution is -0.161. The van der Waals surface area contributed by atoms with E-state index in [2.05, 4.69) is 10.3 Å². The molecule has 1 aliphatic carbocycles. The highest BCUT2D eigenvalue weighted by atomic mass is 16.5. The molecule has 0 bridgehead atoms. The van der Waals surface area contributed by atoms with Gasteiger partial charge in [0.25, 0.3) is 11.8 Å². The molecule has 1 aromatic heterocycles. The van der Waals surface area contributed by atoms with Crippen LogP contribution in [0.5, 0.6) is 0 Å². The zero-order valence-electron chi connectivity index (χ0n) is 22.2. The first-order chi connectivity index (χ1) is 17.5. The van der Waals surface area contributed by atoms with E-state index in [1.165, 1.54) is 31.6 Å². The molecule has 3 fully saturated rings. The summed E-state index contributed by atoms with van der Waals surface area (Å²) in [5.74, 6) is -1.82. The average Bonchev–Trinajstić information content (AvgIpc) is 3.58. The Hall–Kier alpha value is -3.11. The van der Waals surface area contributed by atoms with Gasteiger partial charge in [-0.2, -0.15) is 0 Å². The van der Waals surface area contributed by atoms with E-state index in [4.69, 9.17) is 4.74 Å². The number of esters is 1. The van der Waals surface area contributed by atoms with Crippen LogP contribution in [0, 0.1) is 18.8 Å². The normalized spacial score (nSPS) is 23.3. The molecule has 11 heteroatoms. The van der Waals surface area contributed by atoms with E-state index < -0.39 is 23.5 Å². The van der Waals surface area contributed by atoms with Crippen molar-refractivity contribution in [3.63, 3.8) is 0 Å². The Bertz CT molecular complexity index is 1090. The molecule has 2 saturated heterocycles. The molecule has 1 aromatic rings. The van der Waals surface area contributed by atoms with Crippen molar-refractivity contribution in [1.29, 1.82) is 0 Å². The van der Waals surface area contributed by atoms with Crippen LogP contribution in [-0.4, -0.2) is 85.4 Å². The van der Waals surface area contributed by atoms with Crippen molar-refractivity contribution in [1.82, 2.24) is 24.8 Å². The smallest absolute Gasteiger partial charge is 0.302 e. The third-order valence-electron chi connectivity index (χ3n) is 8.22. The number of nitrogens with zero attached hydrogens (tertiary/aromatic N) is 5. The first kappa shape index (κ1) is 26.9. The molecule has 0 radical (unpaired) electrons. The van der Waals surface area contributed by atoms with Gasteiger partial charge in [-0.05, 0) is 52.4 Å². The van der Waals surface area contributed by atoms with Gasteiger partial charge in [0.15, 0.2) is 11.5 Å². The molecule has 37 heavy (non-hydrogen) atoms. The number of aromatic nitrogens is 3. The number of carbonyl (C=O) groups is 5. The zero-order chi connectivity index (χ0) is 26.9. The van der Waals surface area contributed by atoms with E-state index in [1.54, 1.807) is 11.8 Å². The molecule has 3 aliphatic rings. The second-order valence-corrected chi connectivity index (χ2v) is 10.9. The first-order valence-corrected chi connectivity index (χ1v) is 13.2. The predicted octanol–water partition coefficient (Wildman–Crippen LogP) is 1.71. The third-order valence-corrected chi connectivity index (χ3v) is 8.22. The Kier molecular flexibility index (Phi) is 7.80. The zero-order valence-corrected chi connectivity index (χ0v) is 22.2. The van der Waals surface area contributed by atoms with Gasteiger partial charge in [-0.25, -0.2) is 4.68 Å². The molecule has 0 aromatic carbocycles. The van der Waals surface area contributed by atoms with Gasteiger partial charge >= 0.3 is 5.97 Å². The number of ether oxygens (including phenoxy) is 1. The van der Waals surface area contributed by atoms with Gasteiger partial charge in [0, 0.05) is 26.4 Å². The summed E-state index contributed by atoms with van der Waals surface area (Å²) in [5, 5.41) is 8.41. The summed E-state index contributed by atoms with van der Waals surface area (Å²) in [5.41, 5.74) is 0.0459. The minimum Gasteiger partial charge on any atom is -0.462 e. The maximum Gasteiger partial charge on any atom is 0.302 e. The van der Waals surface area contributed by atoms with Gasteiger partial charge in [-0.1, -0.05) is 18.1 Å². The predicted molar refractivity (Wildman–Crippen MR) is 131 cm³/mol. The summed E-state index contributed by atoms with van der Waals surface area (Å²) in [6, 6.07) is 0. The van der Waals surface area contributed by atoms with Crippen molar-refractivity contribution in [3.05, 3.63) is 11.4 Å². The summed E-state index contributed by atoms with van der Waals surface area (Å²) < 4.78 is 6.91. The van der Waals surface area contributed by atoms with Crippen LogP contribution in [0.4, 0.5) is 0 Å². The summed E-state index contributed by atoms with van der Waals surface area (Å²) in [6.45, 7) is 7.37. The van der Waals surface area contributed by atoms with Crippen molar-refractivity contribution >= 4 is 29.4 Å². The van der Waals surface area contributed by atoms with Gasteiger partial charge in [0.2, 0.25) is 0 Å². The van der Waals surface area contributed by atoms with E-state index >= 15 is 0 Å². The van der Waals surface area contributed by atoms with Crippen LogP contribution in [0.1, 0.15) is 81.9 Å². The molecule has 11 nitrogen and oxygen atoms in total. The van der Waals surface area contributed by atoms with Crippen molar-refractivity contribution in [2.45, 2.75) is 90.8 Å². The van der Waals surface area contributed by atoms with Crippen LogP contribution in [0.25, 0.3) is 0 Å². The number of β-lactam (4-membered cyclic amide) rings is 1. The Balaban J connectivity index is 1.38. The summed E-state index contributed by atoms with van der Waals surface area (Å²) in [6.07, 6.45) is 5.16. The van der Waals surface area contributed by atoms with Crippen LogP contribution >= 0.6 is 0 Å². The number of ketones is 2. The number of Topliss-reactive ketones (excluding diaryl/α,β-unsaturated/α-hetero) is 2. The lowest BCUT2D eigenvalue weighted by Gasteiger charge is -2.50. The molecule has 202 valence electrons. The highest BCUT2D eigenvalue weighted by Crippen LogP contribution is 2.40. The minimum absolute atomic E-state index is 0.119. The number of likely N-dealkylation sites (tertiary alicyclic amines) is 2. The van der Waals surface area contributed by atoms with Crippen LogP contribution in [-0.2, 0) is 30.5 Å². The Morgan fingerprint density at radius 2 is 1.84 bits per heavy atom. The lowest BCUT2D eigenvalue weighted by Crippen LogP contribution is -2.73. The van der Waals surface area contributed by atoms with Crippen molar-refractivity contribution in [2.24, 2.45) is 11.8 Å². The Morgan fingerprint density at radius 1 is 1.14 bits per heavy atom. The van der Waals surface area contributed by atoms with Gasteiger partial charge in [0.1, 0.15) is 17.4 Å². The van der Waals surface area contributed by atoms with Crippen LogP contribution in [0.2, 0.25) is 0 Å². The van der Waals surface area contributed by atoms with Crippen molar-refractivity contribution in [2.75, 3.05) is 19.6 Å². The molecule has 0 N–H and O–H groups in total. The Morgan fingerprint density at radius 3 is 2.46 bits per heavy atom. The maximum atomic E-state index is 13.5. The fourth-order valence-electron chi connectivity index (χ4n) is 6.15. The molecule has 1 saturated carbocycles. The summed E-state index contributed by atoms with van der Waals surface area (Å²) in [4.78, 5) is 65.8. The molecule has 3 heterocycles. The first-order valence-electron chi connectivity index (χ1n) is 13.2. The standard InChI is InChI=1S/C26H37N5O6/c1-16-23(27-28-31(16)13-20-8-5-6-9-20)24(35)30-11-7-10-26(30)15-29(25(26)36)14-21(34)12-22(17(2)32)18(3)37-19(4)33/h18,20,22H,5-15H2,1-4H3/t18-,22-,26?/m1/s1. The van der Waals surface area contributed by atoms with Gasteiger partial charge < -0.3 is 14.5 Å². The maximum absolute atomic E-state index is 13.5. The topological polar surface area (TPSA) is 132 Å². The van der Waals surface area contributed by atoms with Crippen LogP contribution in [0.3, 0.4) is 0 Å². The third kappa shape index (κ3) is 5.31. The number of carbonyl (C=O) groups excluding carboxylic acids is 5. The van der Waals surface area contributed by atoms with E-state index in [0.717, 1.165) is 25.1 Å². The van der Waals surface area contributed by atoms with Crippen molar-refractivity contribution in [3.8, 4) is 0 Å². The van der Waals surface area contributed by atoms with Gasteiger partial charge in [-0.3, -0.25) is 24.0 Å². The fourth-order valence-corrected chi connectivity index (χ4v) is 6.15. The SMILES string of the molecule is CC(=O)O[C@H](C)[C@H](CC(=O)CN1CC2(CCCN2C(=O)c2nnn(CC3CCCC3)c2C)C1=O)C(C)=O. The van der Waals surface area contributed by atoms with Crippen LogP contribution < -0.4 is 0 Å². The number of amides is 2. The fraction of sp³-hybridized carbons (Fsp3) is 0.731. The summed E-state index contributed by atoms with van der Waals surface area (Å²) >= 11 is 0.